The average molecular weight is 393 g/mol. The summed E-state index contributed by atoms with van der Waals surface area (Å²) in [6.45, 7) is 0. The zero-order chi connectivity index (χ0) is 19.5. The van der Waals surface area contributed by atoms with Crippen molar-refractivity contribution in [2.24, 2.45) is 0 Å². The lowest BCUT2D eigenvalue weighted by molar-refractivity contribution is 0.101. The molecular formula is C21H13F2N3OS. The molecule has 2 aromatic carbocycles. The smallest absolute Gasteiger partial charge is 0.261 e. The standard InChI is InChI=1S/C21H13F2N3OS/c22-16-7-2-8-17(23)19(16)20(27)25-15-6-1-4-13(10-15)18-12-28-21(26-18)14-5-3-9-24-11-14/h1-12H,(H,25,27). The van der Waals surface area contributed by atoms with Crippen LogP contribution < -0.4 is 5.32 Å². The van der Waals surface area contributed by atoms with Gasteiger partial charge >= 0.3 is 0 Å². The highest BCUT2D eigenvalue weighted by Crippen LogP contribution is 2.29. The minimum atomic E-state index is -0.908. The highest BCUT2D eigenvalue weighted by molar-refractivity contribution is 7.13. The minimum Gasteiger partial charge on any atom is -0.322 e. The van der Waals surface area contributed by atoms with Crippen LogP contribution in [0.25, 0.3) is 21.8 Å². The molecule has 2 aromatic heterocycles. The van der Waals surface area contributed by atoms with Gasteiger partial charge < -0.3 is 5.32 Å². The van der Waals surface area contributed by atoms with Gasteiger partial charge in [0.25, 0.3) is 5.91 Å². The third-order valence-corrected chi connectivity index (χ3v) is 4.91. The van der Waals surface area contributed by atoms with Gasteiger partial charge in [-0.3, -0.25) is 9.78 Å². The van der Waals surface area contributed by atoms with Crippen LogP contribution in [0.3, 0.4) is 0 Å². The Morgan fingerprint density at radius 1 is 0.964 bits per heavy atom. The monoisotopic (exact) mass is 393 g/mol. The van der Waals surface area contributed by atoms with E-state index in [1.54, 1.807) is 30.6 Å². The summed E-state index contributed by atoms with van der Waals surface area (Å²) in [7, 11) is 0. The van der Waals surface area contributed by atoms with E-state index in [9.17, 15) is 13.6 Å². The molecule has 0 radical (unpaired) electrons. The normalized spacial score (nSPS) is 10.6. The number of aromatic nitrogens is 2. The third kappa shape index (κ3) is 3.65. The van der Waals surface area contributed by atoms with E-state index in [0.717, 1.165) is 34.0 Å². The van der Waals surface area contributed by atoms with Gasteiger partial charge in [0.05, 0.1) is 5.69 Å². The quantitative estimate of drug-likeness (QED) is 0.505. The summed E-state index contributed by atoms with van der Waals surface area (Å²) in [5, 5.41) is 5.26. The van der Waals surface area contributed by atoms with Crippen LogP contribution in [0.1, 0.15) is 10.4 Å². The van der Waals surface area contributed by atoms with Crippen molar-refractivity contribution in [2.45, 2.75) is 0 Å². The number of hydrogen-bond acceptors (Lipinski definition) is 4. The Bertz CT molecular complexity index is 1130. The van der Waals surface area contributed by atoms with Crippen LogP contribution in [0.5, 0.6) is 0 Å². The van der Waals surface area contributed by atoms with Crippen molar-refractivity contribution in [1.29, 1.82) is 0 Å². The largest absolute Gasteiger partial charge is 0.322 e. The summed E-state index contributed by atoms with van der Waals surface area (Å²) in [6, 6.07) is 14.0. The van der Waals surface area contributed by atoms with Gasteiger partial charge in [0, 0.05) is 34.6 Å². The van der Waals surface area contributed by atoms with Gasteiger partial charge in [-0.25, -0.2) is 13.8 Å². The minimum absolute atomic E-state index is 0.418. The molecule has 0 unspecified atom stereocenters. The van der Waals surface area contributed by atoms with E-state index in [1.165, 1.54) is 17.4 Å². The van der Waals surface area contributed by atoms with Crippen LogP contribution in [-0.2, 0) is 0 Å². The van der Waals surface area contributed by atoms with Crippen molar-refractivity contribution >= 4 is 22.9 Å². The second kappa shape index (κ2) is 7.66. The number of carbonyl (C=O) groups excluding carboxylic acids is 1. The SMILES string of the molecule is O=C(Nc1cccc(-c2csc(-c3cccnc3)n2)c1)c1c(F)cccc1F. The van der Waals surface area contributed by atoms with Crippen LogP contribution in [0, 0.1) is 11.6 Å². The van der Waals surface area contributed by atoms with E-state index in [4.69, 9.17) is 0 Å². The lowest BCUT2D eigenvalue weighted by Crippen LogP contribution is -2.15. The zero-order valence-corrected chi connectivity index (χ0v) is 15.2. The third-order valence-electron chi connectivity index (χ3n) is 4.02. The molecule has 0 aliphatic rings. The molecule has 0 saturated heterocycles. The fourth-order valence-corrected chi connectivity index (χ4v) is 3.51. The Labute approximate surface area is 163 Å². The number of nitrogens with one attached hydrogen (secondary N) is 1. The number of rotatable bonds is 4. The summed E-state index contributed by atoms with van der Waals surface area (Å²) in [6.07, 6.45) is 3.44. The topological polar surface area (TPSA) is 54.9 Å². The molecule has 0 fully saturated rings. The molecule has 2 heterocycles. The lowest BCUT2D eigenvalue weighted by atomic mass is 10.1. The molecular weight excluding hydrogens is 380 g/mol. The molecule has 0 spiro atoms. The van der Waals surface area contributed by atoms with Crippen LogP contribution in [0.4, 0.5) is 14.5 Å². The first-order valence-electron chi connectivity index (χ1n) is 8.33. The molecule has 0 saturated carbocycles. The van der Waals surface area contributed by atoms with Gasteiger partial charge in [-0.2, -0.15) is 0 Å². The van der Waals surface area contributed by atoms with Gasteiger partial charge in [-0.1, -0.05) is 18.2 Å². The molecule has 4 rings (SSSR count). The van der Waals surface area contributed by atoms with Crippen LogP contribution in [-0.4, -0.2) is 15.9 Å². The number of nitrogens with zero attached hydrogens (tertiary/aromatic N) is 2. The maximum Gasteiger partial charge on any atom is 0.261 e. The number of hydrogen-bond donors (Lipinski definition) is 1. The summed E-state index contributed by atoms with van der Waals surface area (Å²) >= 11 is 1.48. The van der Waals surface area contributed by atoms with E-state index in [2.05, 4.69) is 15.3 Å². The summed E-state index contributed by atoms with van der Waals surface area (Å²) < 4.78 is 27.6. The molecule has 0 bridgehead atoms. The fraction of sp³-hybridized carbons (Fsp3) is 0. The van der Waals surface area contributed by atoms with Gasteiger partial charge in [0.15, 0.2) is 0 Å². The predicted octanol–water partition coefficient (Wildman–Crippen LogP) is 5.40. The van der Waals surface area contributed by atoms with Crippen molar-refractivity contribution in [3.63, 3.8) is 0 Å². The number of benzene rings is 2. The van der Waals surface area contributed by atoms with E-state index in [0.29, 0.717) is 5.69 Å². The Morgan fingerprint density at radius 2 is 1.71 bits per heavy atom. The zero-order valence-electron chi connectivity index (χ0n) is 14.4. The first-order chi connectivity index (χ1) is 13.6. The molecule has 4 aromatic rings. The van der Waals surface area contributed by atoms with Gasteiger partial charge in [-0.15, -0.1) is 11.3 Å². The summed E-state index contributed by atoms with van der Waals surface area (Å²) in [5.74, 6) is -2.66. The average Bonchev–Trinajstić information content (AvgIpc) is 3.19. The molecule has 0 aliphatic carbocycles. The summed E-state index contributed by atoms with van der Waals surface area (Å²) in [5.41, 5.74) is 2.23. The lowest BCUT2D eigenvalue weighted by Gasteiger charge is -2.08. The van der Waals surface area contributed by atoms with Crippen LogP contribution >= 0.6 is 11.3 Å². The molecule has 4 nitrogen and oxygen atoms in total. The Morgan fingerprint density at radius 3 is 2.46 bits per heavy atom. The molecule has 1 amide bonds. The molecule has 28 heavy (non-hydrogen) atoms. The first kappa shape index (κ1) is 17.9. The van der Waals surface area contributed by atoms with Crippen LogP contribution in [0.15, 0.2) is 72.4 Å². The fourth-order valence-electron chi connectivity index (χ4n) is 2.69. The van der Waals surface area contributed by atoms with Gasteiger partial charge in [-0.05, 0) is 36.4 Å². The highest BCUT2D eigenvalue weighted by atomic mass is 32.1. The second-order valence-corrected chi connectivity index (χ2v) is 6.77. The number of thiazole rings is 1. The molecule has 0 atom stereocenters. The molecule has 7 heteroatoms. The van der Waals surface area contributed by atoms with Crippen molar-refractivity contribution < 1.29 is 13.6 Å². The Balaban J connectivity index is 1.59. The molecule has 0 aliphatic heterocycles. The Kier molecular flexibility index (Phi) is 4.90. The second-order valence-electron chi connectivity index (χ2n) is 5.91. The van der Waals surface area contributed by atoms with Gasteiger partial charge in [0.2, 0.25) is 0 Å². The van der Waals surface area contributed by atoms with E-state index < -0.39 is 23.1 Å². The van der Waals surface area contributed by atoms with Crippen molar-refractivity contribution in [1.82, 2.24) is 9.97 Å². The Hall–Kier alpha value is -3.45. The first-order valence-corrected chi connectivity index (χ1v) is 9.21. The predicted molar refractivity (Wildman–Crippen MR) is 105 cm³/mol. The number of amides is 1. The van der Waals surface area contributed by atoms with Crippen LogP contribution in [0.2, 0.25) is 0 Å². The number of anilines is 1. The van der Waals surface area contributed by atoms with Crippen molar-refractivity contribution in [3.8, 4) is 21.8 Å². The number of halogens is 2. The van der Waals surface area contributed by atoms with E-state index in [-0.39, 0.29) is 0 Å². The maximum atomic E-state index is 13.8. The van der Waals surface area contributed by atoms with E-state index >= 15 is 0 Å². The molecule has 138 valence electrons. The molecule has 1 N–H and O–H groups in total. The highest BCUT2D eigenvalue weighted by Gasteiger charge is 2.17. The number of carbonyl (C=O) groups is 1. The number of pyridine rings is 1. The maximum absolute atomic E-state index is 13.8. The van der Waals surface area contributed by atoms with Gasteiger partial charge in [0.1, 0.15) is 22.2 Å². The van der Waals surface area contributed by atoms with Crippen molar-refractivity contribution in [2.75, 3.05) is 5.32 Å². The van der Waals surface area contributed by atoms with E-state index in [1.807, 2.05) is 23.6 Å². The summed E-state index contributed by atoms with van der Waals surface area (Å²) in [4.78, 5) is 21.0. The van der Waals surface area contributed by atoms with Crippen molar-refractivity contribution in [3.05, 3.63) is 89.6 Å².